The number of fused-ring (bicyclic) bond motifs is 1. The number of nitrogens with zero attached hydrogens (tertiary/aromatic N) is 3. The average Bonchev–Trinajstić information content (AvgIpc) is 3.18. The maximum Gasteiger partial charge on any atom is 0.270 e. The first-order chi connectivity index (χ1) is 11.9. The van der Waals surface area contributed by atoms with Crippen LogP contribution in [0.5, 0.6) is 0 Å². The summed E-state index contributed by atoms with van der Waals surface area (Å²) in [5.41, 5.74) is 1.29. The van der Waals surface area contributed by atoms with Gasteiger partial charge in [-0.1, -0.05) is 28.9 Å². The second-order valence-corrected chi connectivity index (χ2v) is 7.43. The molecule has 2 aromatic rings. The monoisotopic (exact) mass is 402 g/mol. The van der Waals surface area contributed by atoms with Gasteiger partial charge < -0.3 is 14.8 Å². The number of nitriles is 1. The van der Waals surface area contributed by atoms with Gasteiger partial charge in [0.05, 0.1) is 12.6 Å². The molecule has 2 atom stereocenters. The molecule has 2 amide bonds. The van der Waals surface area contributed by atoms with Gasteiger partial charge in [-0.05, 0) is 30.5 Å². The molecule has 0 aliphatic carbocycles. The molecule has 1 fully saturated rings. The minimum atomic E-state index is -0.393. The Morgan fingerprint density at radius 2 is 2.24 bits per heavy atom. The second-order valence-electron chi connectivity index (χ2n) is 6.58. The van der Waals surface area contributed by atoms with E-state index in [4.69, 9.17) is 0 Å². The van der Waals surface area contributed by atoms with Crippen LogP contribution in [-0.2, 0) is 4.79 Å². The number of rotatable bonds is 3. The zero-order valence-corrected chi connectivity index (χ0v) is 15.7. The average molecular weight is 403 g/mol. The van der Waals surface area contributed by atoms with Gasteiger partial charge in [-0.25, -0.2) is 0 Å². The number of likely N-dealkylation sites (N-methyl/N-ethyl adjacent to an activating group) is 1. The summed E-state index contributed by atoms with van der Waals surface area (Å²) in [7, 11) is 1.60. The Morgan fingerprint density at radius 3 is 2.92 bits per heavy atom. The molecule has 0 bridgehead atoms. The Labute approximate surface area is 154 Å². The van der Waals surface area contributed by atoms with Crippen molar-refractivity contribution in [2.75, 3.05) is 20.1 Å². The van der Waals surface area contributed by atoms with E-state index in [-0.39, 0.29) is 18.4 Å². The third-order valence-corrected chi connectivity index (χ3v) is 5.23. The molecule has 1 N–H and O–H groups in total. The van der Waals surface area contributed by atoms with Crippen LogP contribution in [0.2, 0.25) is 0 Å². The standard InChI is InChI=1S/C18H19BrN4O2/c1-11-6-12(8-20)23(9-11)17(24)10-22(2)18(25)16-7-13-14(19)4-3-5-15(13)21-16/h3-5,7,11-12,21H,6,9-10H2,1-2H3. The molecule has 2 unspecified atom stereocenters. The fourth-order valence-electron chi connectivity index (χ4n) is 3.25. The second kappa shape index (κ2) is 6.89. The van der Waals surface area contributed by atoms with Crippen LogP contribution in [0.25, 0.3) is 10.9 Å². The number of halogens is 1. The van der Waals surface area contributed by atoms with Crippen molar-refractivity contribution in [2.45, 2.75) is 19.4 Å². The number of hydrogen-bond acceptors (Lipinski definition) is 3. The molecule has 3 rings (SSSR count). The minimum Gasteiger partial charge on any atom is -0.350 e. The number of H-pyrrole nitrogens is 1. The number of carbonyl (C=O) groups excluding carboxylic acids is 2. The van der Waals surface area contributed by atoms with E-state index in [0.717, 1.165) is 15.4 Å². The topological polar surface area (TPSA) is 80.2 Å². The summed E-state index contributed by atoms with van der Waals surface area (Å²) in [6.45, 7) is 2.55. The summed E-state index contributed by atoms with van der Waals surface area (Å²) in [6, 6.07) is 9.25. The summed E-state index contributed by atoms with van der Waals surface area (Å²) < 4.78 is 0.905. The molecule has 1 aliphatic rings. The molecule has 0 spiro atoms. The minimum absolute atomic E-state index is 0.0414. The van der Waals surface area contributed by atoms with Crippen LogP contribution in [0.1, 0.15) is 23.8 Å². The van der Waals surface area contributed by atoms with Crippen molar-refractivity contribution in [1.29, 1.82) is 5.26 Å². The predicted octanol–water partition coefficient (Wildman–Crippen LogP) is 2.76. The first-order valence-electron chi connectivity index (χ1n) is 8.12. The number of likely N-dealkylation sites (tertiary alicyclic amines) is 1. The number of benzene rings is 1. The van der Waals surface area contributed by atoms with Crippen LogP contribution in [0.4, 0.5) is 0 Å². The molecule has 130 valence electrons. The van der Waals surface area contributed by atoms with Crippen LogP contribution < -0.4 is 0 Å². The molecular formula is C18H19BrN4O2. The van der Waals surface area contributed by atoms with Gasteiger partial charge in [0.2, 0.25) is 5.91 Å². The highest BCUT2D eigenvalue weighted by Crippen LogP contribution is 2.25. The molecule has 7 heteroatoms. The molecule has 2 heterocycles. The summed E-state index contributed by atoms with van der Waals surface area (Å²) in [6.07, 6.45) is 0.690. The van der Waals surface area contributed by atoms with Crippen molar-refractivity contribution in [1.82, 2.24) is 14.8 Å². The lowest BCUT2D eigenvalue weighted by Crippen LogP contribution is -2.43. The highest BCUT2D eigenvalue weighted by Gasteiger charge is 2.33. The van der Waals surface area contributed by atoms with E-state index in [2.05, 4.69) is 27.0 Å². The Bertz CT molecular complexity index is 870. The van der Waals surface area contributed by atoms with Crippen molar-refractivity contribution in [3.8, 4) is 6.07 Å². The third-order valence-electron chi connectivity index (χ3n) is 4.54. The normalized spacial score (nSPS) is 19.8. The lowest BCUT2D eigenvalue weighted by molar-refractivity contribution is -0.131. The SMILES string of the molecule is CC1CC(C#N)N(C(=O)CN(C)C(=O)c2cc3c(Br)cccc3[nH]2)C1. The zero-order valence-electron chi connectivity index (χ0n) is 14.1. The maximum atomic E-state index is 12.6. The quantitative estimate of drug-likeness (QED) is 0.856. The molecule has 6 nitrogen and oxygen atoms in total. The number of nitrogens with one attached hydrogen (secondary N) is 1. The number of aromatic amines is 1. The van der Waals surface area contributed by atoms with Gasteiger partial charge in [-0.2, -0.15) is 5.26 Å². The van der Waals surface area contributed by atoms with Gasteiger partial charge in [-0.15, -0.1) is 0 Å². The van der Waals surface area contributed by atoms with E-state index in [0.29, 0.717) is 24.6 Å². The lowest BCUT2D eigenvalue weighted by atomic mass is 10.1. The Balaban J connectivity index is 1.73. The number of carbonyl (C=O) groups is 2. The van der Waals surface area contributed by atoms with E-state index in [1.807, 2.05) is 25.1 Å². The van der Waals surface area contributed by atoms with Crippen molar-refractivity contribution in [3.63, 3.8) is 0 Å². The van der Waals surface area contributed by atoms with Gasteiger partial charge in [0, 0.05) is 29.0 Å². The molecule has 1 aromatic carbocycles. The van der Waals surface area contributed by atoms with Crippen molar-refractivity contribution >= 4 is 38.6 Å². The van der Waals surface area contributed by atoms with Crippen LogP contribution in [0.3, 0.4) is 0 Å². The van der Waals surface area contributed by atoms with E-state index < -0.39 is 6.04 Å². The molecule has 25 heavy (non-hydrogen) atoms. The highest BCUT2D eigenvalue weighted by molar-refractivity contribution is 9.10. The highest BCUT2D eigenvalue weighted by atomic mass is 79.9. The van der Waals surface area contributed by atoms with Crippen LogP contribution in [-0.4, -0.2) is 52.8 Å². The summed E-state index contributed by atoms with van der Waals surface area (Å²) in [4.78, 5) is 31.2. The molecule has 1 aromatic heterocycles. The van der Waals surface area contributed by atoms with Crippen molar-refractivity contribution in [2.24, 2.45) is 5.92 Å². The molecule has 1 saturated heterocycles. The van der Waals surface area contributed by atoms with E-state index in [1.54, 1.807) is 18.0 Å². The van der Waals surface area contributed by atoms with Crippen LogP contribution >= 0.6 is 15.9 Å². The summed E-state index contributed by atoms with van der Waals surface area (Å²) in [5.74, 6) is -0.137. The van der Waals surface area contributed by atoms with Gasteiger partial charge in [-0.3, -0.25) is 9.59 Å². The van der Waals surface area contributed by atoms with Crippen LogP contribution in [0.15, 0.2) is 28.7 Å². The van der Waals surface area contributed by atoms with Crippen molar-refractivity contribution in [3.05, 3.63) is 34.4 Å². The third kappa shape index (κ3) is 3.40. The Kier molecular flexibility index (Phi) is 4.82. The van der Waals surface area contributed by atoms with E-state index >= 15 is 0 Å². The number of hydrogen-bond donors (Lipinski definition) is 1. The fraction of sp³-hybridized carbons (Fsp3) is 0.389. The largest absolute Gasteiger partial charge is 0.350 e. The first-order valence-corrected chi connectivity index (χ1v) is 8.91. The molecule has 0 saturated carbocycles. The molecule has 1 aliphatic heterocycles. The number of aromatic nitrogens is 1. The lowest BCUT2D eigenvalue weighted by Gasteiger charge is -2.23. The smallest absolute Gasteiger partial charge is 0.270 e. The Hall–Kier alpha value is -2.33. The summed E-state index contributed by atoms with van der Waals surface area (Å²) in [5, 5.41) is 10.1. The van der Waals surface area contributed by atoms with Gasteiger partial charge in [0.1, 0.15) is 11.7 Å². The van der Waals surface area contributed by atoms with Crippen molar-refractivity contribution < 1.29 is 9.59 Å². The zero-order chi connectivity index (χ0) is 18.1. The van der Waals surface area contributed by atoms with E-state index in [1.165, 1.54) is 4.90 Å². The van der Waals surface area contributed by atoms with Gasteiger partial charge in [0.25, 0.3) is 5.91 Å². The summed E-state index contributed by atoms with van der Waals surface area (Å²) >= 11 is 3.47. The van der Waals surface area contributed by atoms with Crippen LogP contribution in [0, 0.1) is 17.2 Å². The Morgan fingerprint density at radius 1 is 1.48 bits per heavy atom. The molecular weight excluding hydrogens is 384 g/mol. The first kappa shape index (κ1) is 17.5. The van der Waals surface area contributed by atoms with E-state index in [9.17, 15) is 14.9 Å². The predicted molar refractivity (Wildman–Crippen MR) is 97.9 cm³/mol. The fourth-order valence-corrected chi connectivity index (χ4v) is 3.73. The maximum absolute atomic E-state index is 12.6. The van der Waals surface area contributed by atoms with Gasteiger partial charge >= 0.3 is 0 Å². The number of amides is 2. The molecule has 0 radical (unpaired) electrons. The van der Waals surface area contributed by atoms with Gasteiger partial charge in [0.15, 0.2) is 0 Å².